The summed E-state index contributed by atoms with van der Waals surface area (Å²) < 4.78 is 88.5. The Morgan fingerprint density at radius 1 is 1.05 bits per heavy atom. The van der Waals surface area contributed by atoms with Gasteiger partial charge in [-0.2, -0.15) is 30.4 Å². The van der Waals surface area contributed by atoms with Crippen LogP contribution in [-0.2, 0) is 14.3 Å². The highest BCUT2D eigenvalue weighted by Crippen LogP contribution is 2.38. The summed E-state index contributed by atoms with van der Waals surface area (Å²) in [5.74, 6) is -4.86. The van der Waals surface area contributed by atoms with Gasteiger partial charge in [-0.25, -0.2) is 0 Å². The molecule has 0 heterocycles. The maximum Gasteiger partial charge on any atom is 0.453 e. The quantitative estimate of drug-likeness (QED) is 0.453. The second-order valence-electron chi connectivity index (χ2n) is 4.39. The molecule has 0 aromatic heterocycles. The molecule has 120 valence electrons. The fraction of sp³-hybridized carbons (Fsp3) is 0.500. The van der Waals surface area contributed by atoms with Crippen molar-refractivity contribution in [3.05, 3.63) is 29.8 Å². The van der Waals surface area contributed by atoms with Gasteiger partial charge < -0.3 is 0 Å². The van der Waals surface area contributed by atoms with Gasteiger partial charge >= 0.3 is 12.1 Å². The normalized spacial score (nSPS) is 13.4. The van der Waals surface area contributed by atoms with Crippen molar-refractivity contribution >= 4 is 10.1 Å². The van der Waals surface area contributed by atoms with E-state index < -0.39 is 41.7 Å². The van der Waals surface area contributed by atoms with Crippen LogP contribution in [0, 0.1) is 6.92 Å². The van der Waals surface area contributed by atoms with Crippen LogP contribution in [-0.4, -0.2) is 27.1 Å². The number of alkyl halides is 5. The zero-order chi connectivity index (χ0) is 16.3. The Hall–Kier alpha value is -1.22. The summed E-state index contributed by atoms with van der Waals surface area (Å²) in [5, 5.41) is 0. The van der Waals surface area contributed by atoms with E-state index in [2.05, 4.69) is 4.18 Å². The number of aryl methyl sites for hydroxylation is 1. The number of benzene rings is 1. The van der Waals surface area contributed by atoms with Gasteiger partial charge in [0.1, 0.15) is 0 Å². The van der Waals surface area contributed by atoms with E-state index in [4.69, 9.17) is 0 Å². The monoisotopic (exact) mass is 332 g/mol. The smallest absolute Gasteiger partial charge is 0.266 e. The van der Waals surface area contributed by atoms with Crippen LogP contribution in [0.4, 0.5) is 22.0 Å². The Morgan fingerprint density at radius 3 is 2.05 bits per heavy atom. The molecule has 0 atom stereocenters. The van der Waals surface area contributed by atoms with E-state index in [0.717, 1.165) is 5.56 Å². The minimum absolute atomic E-state index is 0.185. The van der Waals surface area contributed by atoms with Crippen molar-refractivity contribution in [3.63, 3.8) is 0 Å². The van der Waals surface area contributed by atoms with Gasteiger partial charge in [-0.1, -0.05) is 17.7 Å². The van der Waals surface area contributed by atoms with E-state index in [1.165, 1.54) is 24.3 Å². The van der Waals surface area contributed by atoms with Gasteiger partial charge in [0.25, 0.3) is 10.1 Å². The van der Waals surface area contributed by atoms with Gasteiger partial charge in [-0.15, -0.1) is 0 Å². The minimum Gasteiger partial charge on any atom is -0.266 e. The van der Waals surface area contributed by atoms with Gasteiger partial charge in [-0.05, 0) is 25.5 Å². The first-order valence-electron chi connectivity index (χ1n) is 5.86. The molecular formula is C12H13F5O3S. The van der Waals surface area contributed by atoms with E-state index in [0.29, 0.717) is 0 Å². The fourth-order valence-electron chi connectivity index (χ4n) is 1.38. The van der Waals surface area contributed by atoms with Crippen LogP contribution in [0.1, 0.15) is 18.4 Å². The molecule has 0 spiro atoms. The molecule has 1 aromatic rings. The van der Waals surface area contributed by atoms with Crippen molar-refractivity contribution in [1.82, 2.24) is 0 Å². The lowest BCUT2D eigenvalue weighted by Gasteiger charge is -2.19. The summed E-state index contributed by atoms with van der Waals surface area (Å²) in [4.78, 5) is -0.185. The van der Waals surface area contributed by atoms with Crippen LogP contribution in [0.15, 0.2) is 29.2 Å². The minimum atomic E-state index is -5.65. The molecule has 0 unspecified atom stereocenters. The highest BCUT2D eigenvalue weighted by atomic mass is 32.2. The van der Waals surface area contributed by atoms with Gasteiger partial charge in [0.05, 0.1) is 11.5 Å². The number of rotatable bonds is 6. The van der Waals surface area contributed by atoms with Crippen LogP contribution in [0.5, 0.6) is 0 Å². The average Bonchev–Trinajstić information content (AvgIpc) is 2.34. The summed E-state index contributed by atoms with van der Waals surface area (Å²) in [6.07, 6.45) is -7.92. The molecule has 0 bridgehead atoms. The lowest BCUT2D eigenvalue weighted by molar-refractivity contribution is -0.284. The van der Waals surface area contributed by atoms with Gasteiger partial charge in [-0.3, -0.25) is 4.18 Å². The molecule has 21 heavy (non-hydrogen) atoms. The maximum atomic E-state index is 12.6. The standard InChI is InChI=1S/C12H13F5O3S/c1-9-3-5-10(6-4-9)21(18,19)20-8-2-7-11(13,14)12(15,16)17/h3-6H,2,7-8H2,1H3. The van der Waals surface area contributed by atoms with Crippen LogP contribution in [0.3, 0.4) is 0 Å². The van der Waals surface area contributed by atoms with Crippen LogP contribution in [0.2, 0.25) is 0 Å². The largest absolute Gasteiger partial charge is 0.453 e. The zero-order valence-corrected chi connectivity index (χ0v) is 11.8. The Bertz CT molecular complexity index is 564. The molecular weight excluding hydrogens is 319 g/mol. The molecule has 9 heteroatoms. The van der Waals surface area contributed by atoms with Gasteiger partial charge in [0.15, 0.2) is 0 Å². The lowest BCUT2D eigenvalue weighted by atomic mass is 10.2. The first-order valence-corrected chi connectivity index (χ1v) is 7.27. The van der Waals surface area contributed by atoms with Crippen LogP contribution < -0.4 is 0 Å². The third kappa shape index (κ3) is 4.92. The molecule has 0 radical (unpaired) electrons. The van der Waals surface area contributed by atoms with E-state index >= 15 is 0 Å². The van der Waals surface area contributed by atoms with E-state index in [1.54, 1.807) is 6.92 Å². The molecule has 0 amide bonds. The highest BCUT2D eigenvalue weighted by Gasteiger charge is 2.56. The third-order valence-corrected chi connectivity index (χ3v) is 3.92. The van der Waals surface area contributed by atoms with Gasteiger partial charge in [0.2, 0.25) is 0 Å². The second-order valence-corrected chi connectivity index (χ2v) is 6.01. The molecule has 0 fully saturated rings. The molecule has 1 rings (SSSR count). The maximum absolute atomic E-state index is 12.6. The molecule has 0 aliphatic rings. The van der Waals surface area contributed by atoms with Crippen molar-refractivity contribution in [2.75, 3.05) is 6.61 Å². The average molecular weight is 332 g/mol. The number of halogens is 5. The van der Waals surface area contributed by atoms with Gasteiger partial charge in [0, 0.05) is 6.42 Å². The van der Waals surface area contributed by atoms with Crippen molar-refractivity contribution in [1.29, 1.82) is 0 Å². The van der Waals surface area contributed by atoms with E-state index in [1.807, 2.05) is 0 Å². The Balaban J connectivity index is 2.54. The molecule has 1 aromatic carbocycles. The topological polar surface area (TPSA) is 43.4 Å². The molecule has 0 saturated heterocycles. The molecule has 0 aliphatic carbocycles. The van der Waals surface area contributed by atoms with Crippen LogP contribution in [0.25, 0.3) is 0 Å². The molecule has 0 saturated carbocycles. The summed E-state index contributed by atoms with van der Waals surface area (Å²) in [6.45, 7) is 0.984. The first kappa shape index (κ1) is 17.8. The van der Waals surface area contributed by atoms with Crippen molar-refractivity contribution in [2.45, 2.75) is 36.8 Å². The Labute approximate surface area is 118 Å². The second kappa shape index (κ2) is 6.27. The SMILES string of the molecule is Cc1ccc(S(=O)(=O)OCCCC(F)(F)C(F)(F)F)cc1. The zero-order valence-electron chi connectivity index (χ0n) is 11.0. The van der Waals surface area contributed by atoms with Crippen molar-refractivity contribution in [2.24, 2.45) is 0 Å². The molecule has 0 N–H and O–H groups in total. The third-order valence-electron chi connectivity index (χ3n) is 2.60. The summed E-state index contributed by atoms with van der Waals surface area (Å²) in [6, 6.07) is 5.53. The number of hydrogen-bond donors (Lipinski definition) is 0. The first-order chi connectivity index (χ1) is 9.46. The van der Waals surface area contributed by atoms with E-state index in [9.17, 15) is 30.4 Å². The van der Waals surface area contributed by atoms with Crippen LogP contribution >= 0.6 is 0 Å². The summed E-state index contributed by atoms with van der Waals surface area (Å²) in [5.41, 5.74) is 0.804. The predicted molar refractivity (Wildman–Crippen MR) is 64.6 cm³/mol. The fourth-order valence-corrected chi connectivity index (χ4v) is 2.32. The Morgan fingerprint density at radius 2 is 1.57 bits per heavy atom. The van der Waals surface area contributed by atoms with Crippen molar-refractivity contribution in [3.8, 4) is 0 Å². The lowest BCUT2D eigenvalue weighted by Crippen LogP contribution is -2.36. The predicted octanol–water partition coefficient (Wildman–Crippen LogP) is 3.68. The molecule has 3 nitrogen and oxygen atoms in total. The number of hydrogen-bond acceptors (Lipinski definition) is 3. The summed E-state index contributed by atoms with van der Waals surface area (Å²) >= 11 is 0. The molecule has 0 aliphatic heterocycles. The van der Waals surface area contributed by atoms with E-state index in [-0.39, 0.29) is 4.90 Å². The Kier molecular flexibility index (Phi) is 5.32. The van der Waals surface area contributed by atoms with Crippen molar-refractivity contribution < 1.29 is 34.6 Å². The summed E-state index contributed by atoms with van der Waals surface area (Å²) in [7, 11) is -4.16. The highest BCUT2D eigenvalue weighted by molar-refractivity contribution is 7.86.